The summed E-state index contributed by atoms with van der Waals surface area (Å²) in [5, 5.41) is 0.837. The second-order valence-electron chi connectivity index (χ2n) is 8.13. The van der Waals surface area contributed by atoms with Crippen molar-refractivity contribution in [2.75, 3.05) is 6.61 Å². The summed E-state index contributed by atoms with van der Waals surface area (Å²) in [6, 6.07) is 9.21. The lowest BCUT2D eigenvalue weighted by atomic mass is 9.88. The topological polar surface area (TPSA) is 59.8 Å². The Morgan fingerprint density at radius 2 is 1.54 bits per heavy atom. The number of ether oxygens (including phenoxy) is 1. The maximum atomic E-state index is 13.2. The van der Waals surface area contributed by atoms with Gasteiger partial charge in [-0.1, -0.05) is 38.5 Å². The first-order chi connectivity index (χ1) is 13.7. The van der Waals surface area contributed by atoms with E-state index in [1.807, 2.05) is 12.1 Å². The van der Waals surface area contributed by atoms with Gasteiger partial charge in [0.2, 0.25) is 0 Å². The molecule has 2 aliphatic carbocycles. The monoisotopic (exact) mass is 383 g/mol. The molecule has 2 aromatic rings. The van der Waals surface area contributed by atoms with E-state index in [9.17, 15) is 9.59 Å². The smallest absolute Gasteiger partial charge is 0.336 e. The highest BCUT2D eigenvalue weighted by atomic mass is 16.5. The van der Waals surface area contributed by atoms with Crippen LogP contribution in [0.3, 0.4) is 0 Å². The Balaban J connectivity index is 1.46. The molecule has 0 spiro atoms. The molecule has 0 aliphatic heterocycles. The average Bonchev–Trinajstić information content (AvgIpc) is 2.73. The van der Waals surface area contributed by atoms with Crippen molar-refractivity contribution in [1.82, 2.24) is 4.90 Å². The number of hydrogen-bond acceptors (Lipinski definition) is 4. The van der Waals surface area contributed by atoms with E-state index in [4.69, 9.17) is 9.15 Å². The van der Waals surface area contributed by atoms with E-state index in [-0.39, 0.29) is 18.1 Å². The molecule has 4 rings (SSSR count). The first-order valence-corrected chi connectivity index (χ1v) is 10.7. The molecule has 0 saturated heterocycles. The van der Waals surface area contributed by atoms with Crippen LogP contribution in [-0.4, -0.2) is 29.5 Å². The highest BCUT2D eigenvalue weighted by Gasteiger charge is 2.32. The fourth-order valence-corrected chi connectivity index (χ4v) is 4.77. The zero-order chi connectivity index (χ0) is 19.3. The summed E-state index contributed by atoms with van der Waals surface area (Å²) < 4.78 is 11.0. The van der Waals surface area contributed by atoms with Crippen LogP contribution in [0.2, 0.25) is 0 Å². The van der Waals surface area contributed by atoms with Crippen LogP contribution >= 0.6 is 0 Å². The van der Waals surface area contributed by atoms with Crippen LogP contribution in [0.15, 0.2) is 39.5 Å². The minimum atomic E-state index is -0.388. The second kappa shape index (κ2) is 8.80. The van der Waals surface area contributed by atoms with E-state index >= 15 is 0 Å². The lowest BCUT2D eigenvalue weighted by Crippen LogP contribution is -2.50. The summed E-state index contributed by atoms with van der Waals surface area (Å²) in [5.41, 5.74) is 0.0929. The Hall–Kier alpha value is -2.30. The second-order valence-corrected chi connectivity index (χ2v) is 8.13. The summed E-state index contributed by atoms with van der Waals surface area (Å²) in [7, 11) is 0. The minimum Gasteiger partial charge on any atom is -0.484 e. The van der Waals surface area contributed by atoms with E-state index < -0.39 is 0 Å². The Labute approximate surface area is 165 Å². The molecule has 1 amide bonds. The van der Waals surface area contributed by atoms with Gasteiger partial charge in [0, 0.05) is 29.6 Å². The number of carbonyl (C=O) groups excluding carboxylic acids is 1. The quantitative estimate of drug-likeness (QED) is 0.704. The summed E-state index contributed by atoms with van der Waals surface area (Å²) in [4.78, 5) is 26.8. The Kier molecular flexibility index (Phi) is 5.98. The van der Waals surface area contributed by atoms with Gasteiger partial charge in [0.15, 0.2) is 6.61 Å². The summed E-state index contributed by atoms with van der Waals surface area (Å²) in [5.74, 6) is 0.649. The third-order valence-electron chi connectivity index (χ3n) is 6.18. The van der Waals surface area contributed by atoms with Crippen LogP contribution in [0.5, 0.6) is 5.75 Å². The van der Waals surface area contributed by atoms with E-state index in [0.717, 1.165) is 31.1 Å². The number of nitrogens with zero attached hydrogens (tertiary/aromatic N) is 1. The SMILES string of the molecule is O=C(COc1ccc2ccc(=O)oc2c1)N(C1CCCCC1)C1CCCCC1. The van der Waals surface area contributed by atoms with Crippen LogP contribution in [-0.2, 0) is 4.79 Å². The van der Waals surface area contributed by atoms with Crippen molar-refractivity contribution in [3.63, 3.8) is 0 Å². The van der Waals surface area contributed by atoms with Gasteiger partial charge in [-0.15, -0.1) is 0 Å². The maximum absolute atomic E-state index is 13.2. The molecule has 2 saturated carbocycles. The molecule has 0 unspecified atom stereocenters. The largest absolute Gasteiger partial charge is 0.484 e. The number of fused-ring (bicyclic) bond motifs is 1. The molecule has 1 aromatic heterocycles. The van der Waals surface area contributed by atoms with Crippen molar-refractivity contribution in [2.24, 2.45) is 0 Å². The van der Waals surface area contributed by atoms with E-state index in [1.54, 1.807) is 12.1 Å². The van der Waals surface area contributed by atoms with Crippen molar-refractivity contribution >= 4 is 16.9 Å². The number of amides is 1. The summed E-state index contributed by atoms with van der Waals surface area (Å²) in [6.45, 7) is 0.0373. The Bertz CT molecular complexity index is 844. The van der Waals surface area contributed by atoms with Gasteiger partial charge in [0.05, 0.1) is 0 Å². The molecule has 28 heavy (non-hydrogen) atoms. The predicted molar refractivity (Wildman–Crippen MR) is 109 cm³/mol. The zero-order valence-corrected chi connectivity index (χ0v) is 16.4. The van der Waals surface area contributed by atoms with Crippen LogP contribution in [0, 0.1) is 0 Å². The standard InChI is InChI=1S/C23H29NO4/c25-22(16-27-20-13-11-17-12-14-23(26)28-21(17)15-20)24(18-7-3-1-4-8-18)19-9-5-2-6-10-19/h11-15,18-19H,1-10,16H2. The normalized spacial score (nSPS) is 18.9. The van der Waals surface area contributed by atoms with Crippen molar-refractivity contribution < 1.29 is 13.9 Å². The Morgan fingerprint density at radius 1 is 0.929 bits per heavy atom. The van der Waals surface area contributed by atoms with E-state index in [0.29, 0.717) is 23.4 Å². The molecule has 0 atom stereocenters. The van der Waals surface area contributed by atoms with Gasteiger partial charge in [-0.3, -0.25) is 4.79 Å². The third-order valence-corrected chi connectivity index (χ3v) is 6.18. The molecule has 150 valence electrons. The molecule has 1 aromatic carbocycles. The highest BCUT2D eigenvalue weighted by molar-refractivity contribution is 5.80. The summed E-state index contributed by atoms with van der Waals surface area (Å²) in [6.07, 6.45) is 11.9. The Morgan fingerprint density at radius 3 is 2.18 bits per heavy atom. The van der Waals surface area contributed by atoms with Crippen LogP contribution in [0.4, 0.5) is 0 Å². The fourth-order valence-electron chi connectivity index (χ4n) is 4.77. The van der Waals surface area contributed by atoms with Crippen molar-refractivity contribution in [3.05, 3.63) is 40.8 Å². The molecule has 2 aliphatic rings. The molecule has 0 bridgehead atoms. The van der Waals surface area contributed by atoms with Crippen LogP contribution < -0.4 is 10.4 Å². The lowest BCUT2D eigenvalue weighted by molar-refractivity contribution is -0.140. The van der Waals surface area contributed by atoms with Gasteiger partial charge in [0.25, 0.3) is 5.91 Å². The molecule has 1 heterocycles. The first-order valence-electron chi connectivity index (χ1n) is 10.7. The summed E-state index contributed by atoms with van der Waals surface area (Å²) >= 11 is 0. The van der Waals surface area contributed by atoms with E-state index in [1.165, 1.54) is 44.6 Å². The van der Waals surface area contributed by atoms with Crippen molar-refractivity contribution in [1.29, 1.82) is 0 Å². The predicted octanol–water partition coefficient (Wildman–Crippen LogP) is 4.67. The van der Waals surface area contributed by atoms with Gasteiger partial charge in [-0.05, 0) is 43.9 Å². The van der Waals surface area contributed by atoms with Gasteiger partial charge in [-0.2, -0.15) is 0 Å². The molecule has 2 fully saturated rings. The molecule has 0 N–H and O–H groups in total. The van der Waals surface area contributed by atoms with Gasteiger partial charge < -0.3 is 14.1 Å². The van der Waals surface area contributed by atoms with Crippen molar-refractivity contribution in [3.8, 4) is 5.75 Å². The molecule has 0 radical (unpaired) electrons. The third kappa shape index (κ3) is 4.40. The number of rotatable bonds is 5. The highest BCUT2D eigenvalue weighted by Crippen LogP contribution is 2.30. The first kappa shape index (κ1) is 19.0. The van der Waals surface area contributed by atoms with Crippen LogP contribution in [0.1, 0.15) is 64.2 Å². The lowest BCUT2D eigenvalue weighted by Gasteiger charge is -2.41. The van der Waals surface area contributed by atoms with Gasteiger partial charge >= 0.3 is 5.63 Å². The average molecular weight is 383 g/mol. The zero-order valence-electron chi connectivity index (χ0n) is 16.4. The van der Waals surface area contributed by atoms with Crippen molar-refractivity contribution in [2.45, 2.75) is 76.3 Å². The molecule has 5 heteroatoms. The van der Waals surface area contributed by atoms with E-state index in [2.05, 4.69) is 4.90 Å². The fraction of sp³-hybridized carbons (Fsp3) is 0.565. The molecular weight excluding hydrogens is 354 g/mol. The van der Waals surface area contributed by atoms with Crippen LogP contribution in [0.25, 0.3) is 11.0 Å². The number of benzene rings is 1. The number of hydrogen-bond donors (Lipinski definition) is 0. The molecular formula is C23H29NO4. The van der Waals surface area contributed by atoms with Gasteiger partial charge in [0.1, 0.15) is 11.3 Å². The number of carbonyl (C=O) groups is 1. The maximum Gasteiger partial charge on any atom is 0.336 e. The minimum absolute atomic E-state index is 0.0373. The van der Waals surface area contributed by atoms with Gasteiger partial charge in [-0.25, -0.2) is 4.79 Å². The molecule has 5 nitrogen and oxygen atoms in total.